The molecule has 0 amide bonds. The van der Waals surface area contributed by atoms with Crippen LogP contribution in [-0.2, 0) is 16.1 Å². The van der Waals surface area contributed by atoms with E-state index in [1.54, 1.807) is 6.08 Å². The first-order valence-electron chi connectivity index (χ1n) is 5.57. The van der Waals surface area contributed by atoms with Gasteiger partial charge in [-0.1, -0.05) is 36.4 Å². The van der Waals surface area contributed by atoms with Gasteiger partial charge < -0.3 is 9.84 Å². The van der Waals surface area contributed by atoms with Gasteiger partial charge >= 0.3 is 5.97 Å². The van der Waals surface area contributed by atoms with Crippen LogP contribution in [0.1, 0.15) is 18.4 Å². The average Bonchev–Trinajstić information content (AvgIpc) is 2.38. The van der Waals surface area contributed by atoms with E-state index >= 15 is 0 Å². The molecule has 1 N–H and O–H groups in total. The van der Waals surface area contributed by atoms with Crippen molar-refractivity contribution >= 4 is 5.97 Å². The Morgan fingerprint density at radius 1 is 1.29 bits per heavy atom. The molecule has 17 heavy (non-hydrogen) atoms. The Morgan fingerprint density at radius 2 is 2.06 bits per heavy atom. The number of aliphatic hydroxyl groups excluding tert-OH is 1. The van der Waals surface area contributed by atoms with Gasteiger partial charge in [-0.15, -0.1) is 0 Å². The van der Waals surface area contributed by atoms with E-state index in [0.29, 0.717) is 6.42 Å². The molecule has 3 heteroatoms. The maximum atomic E-state index is 11.7. The number of hydrogen-bond acceptors (Lipinski definition) is 3. The van der Waals surface area contributed by atoms with Crippen molar-refractivity contribution in [1.29, 1.82) is 0 Å². The van der Waals surface area contributed by atoms with Gasteiger partial charge in [-0.3, -0.25) is 0 Å². The first-order valence-corrected chi connectivity index (χ1v) is 5.57. The zero-order valence-electron chi connectivity index (χ0n) is 9.43. The number of benzene rings is 1. The van der Waals surface area contributed by atoms with E-state index in [2.05, 4.69) is 0 Å². The van der Waals surface area contributed by atoms with Crippen molar-refractivity contribution in [3.8, 4) is 0 Å². The Bertz CT molecular complexity index is 458. The van der Waals surface area contributed by atoms with E-state index in [9.17, 15) is 9.90 Å². The third-order valence-corrected chi connectivity index (χ3v) is 2.58. The summed E-state index contributed by atoms with van der Waals surface area (Å²) in [5.74, 6) is -0.354. The molecular formula is C14H14O3. The Morgan fingerprint density at radius 3 is 2.76 bits per heavy atom. The van der Waals surface area contributed by atoms with Crippen molar-refractivity contribution < 1.29 is 14.6 Å². The van der Waals surface area contributed by atoms with Crippen LogP contribution in [0.5, 0.6) is 0 Å². The minimum atomic E-state index is -0.470. The summed E-state index contributed by atoms with van der Waals surface area (Å²) in [5, 5.41) is 9.56. The topological polar surface area (TPSA) is 46.5 Å². The number of allylic oxidation sites excluding steroid dienone is 2. The van der Waals surface area contributed by atoms with Crippen LogP contribution in [0.25, 0.3) is 0 Å². The molecule has 0 heterocycles. The van der Waals surface area contributed by atoms with Gasteiger partial charge in [-0.25, -0.2) is 4.79 Å². The number of esters is 1. The third-order valence-electron chi connectivity index (χ3n) is 2.58. The molecule has 0 radical (unpaired) electrons. The maximum Gasteiger partial charge on any atom is 0.341 e. The molecule has 0 bridgehead atoms. The van der Waals surface area contributed by atoms with Crippen molar-refractivity contribution in [2.45, 2.75) is 19.4 Å². The van der Waals surface area contributed by atoms with Crippen molar-refractivity contribution in [2.75, 3.05) is 0 Å². The van der Waals surface area contributed by atoms with Crippen LogP contribution in [0.2, 0.25) is 0 Å². The Balaban J connectivity index is 1.96. The number of aliphatic hydroxyl groups is 1. The third kappa shape index (κ3) is 2.97. The molecule has 0 atom stereocenters. The first kappa shape index (κ1) is 11.5. The number of carbonyl (C=O) groups excluding carboxylic acids is 1. The molecule has 2 rings (SSSR count). The summed E-state index contributed by atoms with van der Waals surface area (Å²) in [5.41, 5.74) is 1.20. The molecule has 0 unspecified atom stereocenters. The second-order valence-corrected chi connectivity index (χ2v) is 3.86. The molecule has 0 saturated carbocycles. The fraction of sp³-hybridized carbons (Fsp3) is 0.214. The molecule has 0 aliphatic heterocycles. The minimum Gasteiger partial charge on any atom is -0.511 e. The molecule has 1 aromatic carbocycles. The monoisotopic (exact) mass is 230 g/mol. The predicted octanol–water partition coefficient (Wildman–Crippen LogP) is 2.89. The van der Waals surface area contributed by atoms with E-state index in [4.69, 9.17) is 4.74 Å². The number of carbonyl (C=O) groups is 1. The van der Waals surface area contributed by atoms with E-state index in [-0.39, 0.29) is 17.9 Å². The average molecular weight is 230 g/mol. The molecule has 1 aliphatic carbocycles. The predicted molar refractivity (Wildman–Crippen MR) is 64.3 cm³/mol. The lowest BCUT2D eigenvalue weighted by Crippen LogP contribution is -2.10. The summed E-state index contributed by atoms with van der Waals surface area (Å²) in [6, 6.07) is 9.46. The summed E-state index contributed by atoms with van der Waals surface area (Å²) in [6.07, 6.45) is 4.75. The molecule has 3 nitrogen and oxygen atoms in total. The lowest BCUT2D eigenvalue weighted by atomic mass is 10.1. The SMILES string of the molecule is O=C(OCc1ccccc1)C1=C(O)CCC=C1. The van der Waals surface area contributed by atoms with Crippen molar-refractivity contribution in [3.05, 3.63) is 59.4 Å². The molecular weight excluding hydrogens is 216 g/mol. The second kappa shape index (κ2) is 5.34. The maximum absolute atomic E-state index is 11.7. The fourth-order valence-electron chi connectivity index (χ4n) is 1.64. The van der Waals surface area contributed by atoms with E-state index in [1.807, 2.05) is 36.4 Å². The second-order valence-electron chi connectivity index (χ2n) is 3.86. The van der Waals surface area contributed by atoms with Crippen LogP contribution in [-0.4, -0.2) is 11.1 Å². The zero-order valence-corrected chi connectivity index (χ0v) is 9.43. The van der Waals surface area contributed by atoms with Crippen LogP contribution in [0.4, 0.5) is 0 Å². The van der Waals surface area contributed by atoms with Crippen molar-refractivity contribution in [3.63, 3.8) is 0 Å². The Hall–Kier alpha value is -2.03. The van der Waals surface area contributed by atoms with Gasteiger partial charge in [0.1, 0.15) is 12.4 Å². The van der Waals surface area contributed by atoms with E-state index < -0.39 is 5.97 Å². The first-order chi connectivity index (χ1) is 8.27. The zero-order chi connectivity index (χ0) is 12.1. The van der Waals surface area contributed by atoms with E-state index in [1.165, 1.54) is 0 Å². The van der Waals surface area contributed by atoms with Gasteiger partial charge in [-0.2, -0.15) is 0 Å². The fourth-order valence-corrected chi connectivity index (χ4v) is 1.64. The highest BCUT2D eigenvalue weighted by molar-refractivity contribution is 5.92. The lowest BCUT2D eigenvalue weighted by Gasteiger charge is -2.10. The smallest absolute Gasteiger partial charge is 0.341 e. The molecule has 1 aromatic rings. The normalized spacial score (nSPS) is 14.8. The van der Waals surface area contributed by atoms with Crippen LogP contribution in [0.3, 0.4) is 0 Å². The summed E-state index contributed by atoms with van der Waals surface area (Å²) in [6.45, 7) is 0.226. The van der Waals surface area contributed by atoms with Crippen molar-refractivity contribution in [2.24, 2.45) is 0 Å². The molecule has 0 saturated heterocycles. The summed E-state index contributed by atoms with van der Waals surface area (Å²) in [4.78, 5) is 11.7. The molecule has 0 spiro atoms. The highest BCUT2D eigenvalue weighted by atomic mass is 16.5. The quantitative estimate of drug-likeness (QED) is 0.812. The summed E-state index contributed by atoms with van der Waals surface area (Å²) < 4.78 is 5.13. The van der Waals surface area contributed by atoms with Gasteiger partial charge in [0, 0.05) is 6.42 Å². The van der Waals surface area contributed by atoms with Gasteiger partial charge in [0.05, 0.1) is 5.57 Å². The highest BCUT2D eigenvalue weighted by Gasteiger charge is 2.16. The largest absolute Gasteiger partial charge is 0.511 e. The molecule has 1 aliphatic rings. The van der Waals surface area contributed by atoms with Gasteiger partial charge in [0.15, 0.2) is 0 Å². The van der Waals surface area contributed by atoms with Crippen LogP contribution in [0.15, 0.2) is 53.8 Å². The van der Waals surface area contributed by atoms with E-state index in [0.717, 1.165) is 12.0 Å². The number of rotatable bonds is 3. The summed E-state index contributed by atoms with van der Waals surface area (Å²) >= 11 is 0. The highest BCUT2D eigenvalue weighted by Crippen LogP contribution is 2.18. The Labute approximate surface area is 100 Å². The standard InChI is InChI=1S/C14H14O3/c15-13-9-5-4-8-12(13)14(16)17-10-11-6-2-1-3-7-11/h1-4,6-8,15H,5,9-10H2. The van der Waals surface area contributed by atoms with Crippen LogP contribution < -0.4 is 0 Å². The van der Waals surface area contributed by atoms with Gasteiger partial charge in [0.25, 0.3) is 0 Å². The number of hydrogen-bond donors (Lipinski definition) is 1. The van der Waals surface area contributed by atoms with Crippen LogP contribution in [0, 0.1) is 0 Å². The Kier molecular flexibility index (Phi) is 3.60. The lowest BCUT2D eigenvalue weighted by molar-refractivity contribution is -0.140. The van der Waals surface area contributed by atoms with Gasteiger partial charge in [0.2, 0.25) is 0 Å². The molecule has 0 aromatic heterocycles. The minimum absolute atomic E-state index is 0.116. The van der Waals surface area contributed by atoms with Crippen LogP contribution >= 0.6 is 0 Å². The van der Waals surface area contributed by atoms with Crippen molar-refractivity contribution in [1.82, 2.24) is 0 Å². The van der Waals surface area contributed by atoms with Gasteiger partial charge in [-0.05, 0) is 18.1 Å². The molecule has 0 fully saturated rings. The molecule has 88 valence electrons. The summed E-state index contributed by atoms with van der Waals surface area (Å²) in [7, 11) is 0. The number of ether oxygens (including phenoxy) is 1.